The lowest BCUT2D eigenvalue weighted by Crippen LogP contribution is -2.35. The number of amides is 1. The van der Waals surface area contributed by atoms with Crippen molar-refractivity contribution in [1.82, 2.24) is 5.32 Å². The molecule has 23 heavy (non-hydrogen) atoms. The monoisotopic (exact) mass is 396 g/mol. The Kier molecular flexibility index (Phi) is 7.76. The van der Waals surface area contributed by atoms with Crippen LogP contribution in [0.15, 0.2) is 53.0 Å². The number of benzene rings is 2. The normalized spacial score (nSPS) is 12.9. The summed E-state index contributed by atoms with van der Waals surface area (Å²) in [7, 11) is 0. The minimum absolute atomic E-state index is 0. The summed E-state index contributed by atoms with van der Waals surface area (Å²) in [6.07, 6.45) is 0. The van der Waals surface area contributed by atoms with Gasteiger partial charge in [-0.25, -0.2) is 0 Å². The SMILES string of the molecule is Cc1cc(Br)ccc1CNC(=O)C(C)C(N)c1ccccc1.Cl. The van der Waals surface area contributed by atoms with Gasteiger partial charge < -0.3 is 11.1 Å². The van der Waals surface area contributed by atoms with E-state index in [0.717, 1.165) is 21.2 Å². The molecule has 0 aliphatic rings. The van der Waals surface area contributed by atoms with Gasteiger partial charge in [0.1, 0.15) is 0 Å². The molecule has 0 heterocycles. The fourth-order valence-electron chi connectivity index (χ4n) is 2.33. The van der Waals surface area contributed by atoms with Gasteiger partial charge in [-0.3, -0.25) is 4.79 Å². The Labute approximate surface area is 152 Å². The smallest absolute Gasteiger partial charge is 0.225 e. The first-order valence-electron chi connectivity index (χ1n) is 7.32. The van der Waals surface area contributed by atoms with Crippen molar-refractivity contribution in [3.63, 3.8) is 0 Å². The molecule has 0 aliphatic heterocycles. The molecule has 0 bridgehead atoms. The number of halogens is 2. The van der Waals surface area contributed by atoms with Crippen LogP contribution < -0.4 is 11.1 Å². The first-order valence-corrected chi connectivity index (χ1v) is 8.11. The van der Waals surface area contributed by atoms with Gasteiger partial charge in [-0.05, 0) is 35.7 Å². The second-order valence-corrected chi connectivity index (χ2v) is 6.43. The van der Waals surface area contributed by atoms with Gasteiger partial charge in [-0.15, -0.1) is 12.4 Å². The van der Waals surface area contributed by atoms with Crippen molar-refractivity contribution < 1.29 is 4.79 Å². The first-order chi connectivity index (χ1) is 10.5. The Morgan fingerprint density at radius 2 is 1.87 bits per heavy atom. The largest absolute Gasteiger partial charge is 0.352 e. The number of hydrogen-bond acceptors (Lipinski definition) is 2. The standard InChI is InChI=1S/C18H21BrN2O.ClH/c1-12-10-16(19)9-8-15(12)11-21-18(22)13(2)17(20)14-6-4-3-5-7-14;/h3-10,13,17H,11,20H2,1-2H3,(H,21,22);1H. The van der Waals surface area contributed by atoms with E-state index in [4.69, 9.17) is 5.73 Å². The van der Waals surface area contributed by atoms with Gasteiger partial charge in [-0.2, -0.15) is 0 Å². The van der Waals surface area contributed by atoms with Gasteiger partial charge in [0, 0.05) is 17.1 Å². The molecular formula is C18H22BrClN2O. The van der Waals surface area contributed by atoms with Crippen molar-refractivity contribution in [2.24, 2.45) is 11.7 Å². The predicted molar refractivity (Wildman–Crippen MR) is 101 cm³/mol. The van der Waals surface area contributed by atoms with E-state index in [9.17, 15) is 4.79 Å². The van der Waals surface area contributed by atoms with Crippen LogP contribution in [0.25, 0.3) is 0 Å². The van der Waals surface area contributed by atoms with E-state index in [2.05, 4.69) is 21.2 Å². The molecule has 124 valence electrons. The van der Waals surface area contributed by atoms with E-state index in [-0.39, 0.29) is 30.3 Å². The molecule has 2 unspecified atom stereocenters. The highest BCUT2D eigenvalue weighted by molar-refractivity contribution is 9.10. The molecule has 0 fully saturated rings. The van der Waals surface area contributed by atoms with Crippen LogP contribution in [0.4, 0.5) is 0 Å². The zero-order valence-electron chi connectivity index (χ0n) is 13.3. The Balaban J connectivity index is 0.00000264. The number of nitrogens with one attached hydrogen (secondary N) is 1. The molecule has 0 aliphatic carbocycles. The van der Waals surface area contributed by atoms with Crippen molar-refractivity contribution in [1.29, 1.82) is 0 Å². The molecule has 0 spiro atoms. The summed E-state index contributed by atoms with van der Waals surface area (Å²) in [5.41, 5.74) is 9.42. The minimum Gasteiger partial charge on any atom is -0.352 e. The van der Waals surface area contributed by atoms with E-state index < -0.39 is 0 Å². The summed E-state index contributed by atoms with van der Waals surface area (Å²) in [5, 5.41) is 2.98. The van der Waals surface area contributed by atoms with E-state index >= 15 is 0 Å². The molecule has 2 aromatic carbocycles. The number of carbonyl (C=O) groups is 1. The van der Waals surface area contributed by atoms with Gasteiger partial charge in [0.15, 0.2) is 0 Å². The van der Waals surface area contributed by atoms with Crippen LogP contribution in [0.1, 0.15) is 29.7 Å². The number of rotatable bonds is 5. The van der Waals surface area contributed by atoms with Crippen LogP contribution in [0.3, 0.4) is 0 Å². The third-order valence-electron chi connectivity index (χ3n) is 3.89. The van der Waals surface area contributed by atoms with Crippen LogP contribution in [0.2, 0.25) is 0 Å². The molecule has 0 radical (unpaired) electrons. The molecule has 0 saturated heterocycles. The highest BCUT2D eigenvalue weighted by Crippen LogP contribution is 2.20. The number of aryl methyl sites for hydroxylation is 1. The van der Waals surface area contributed by atoms with Crippen LogP contribution in [0, 0.1) is 12.8 Å². The first kappa shape index (κ1) is 19.7. The topological polar surface area (TPSA) is 55.1 Å². The maximum Gasteiger partial charge on any atom is 0.225 e. The van der Waals surface area contributed by atoms with Crippen LogP contribution >= 0.6 is 28.3 Å². The predicted octanol–water partition coefficient (Wildman–Crippen LogP) is 4.13. The second-order valence-electron chi connectivity index (χ2n) is 5.51. The summed E-state index contributed by atoms with van der Waals surface area (Å²) in [5.74, 6) is -0.308. The minimum atomic E-state index is -0.299. The molecular weight excluding hydrogens is 376 g/mol. The zero-order chi connectivity index (χ0) is 16.1. The van der Waals surface area contributed by atoms with Gasteiger partial charge in [0.25, 0.3) is 0 Å². The molecule has 2 rings (SSSR count). The third kappa shape index (κ3) is 5.34. The highest BCUT2D eigenvalue weighted by atomic mass is 79.9. The average Bonchev–Trinajstić information content (AvgIpc) is 2.53. The van der Waals surface area contributed by atoms with Gasteiger partial charge in [0.05, 0.1) is 5.92 Å². The van der Waals surface area contributed by atoms with Crippen molar-refractivity contribution in [2.75, 3.05) is 0 Å². The fraction of sp³-hybridized carbons (Fsp3) is 0.278. The third-order valence-corrected chi connectivity index (χ3v) is 4.39. The van der Waals surface area contributed by atoms with Gasteiger partial charge in [0.2, 0.25) is 5.91 Å². The lowest BCUT2D eigenvalue weighted by molar-refractivity contribution is -0.125. The number of nitrogens with two attached hydrogens (primary N) is 1. The van der Waals surface area contributed by atoms with E-state index in [1.54, 1.807) is 0 Å². The Hall–Kier alpha value is -1.36. The molecule has 2 aromatic rings. The molecule has 2 atom stereocenters. The second kappa shape index (κ2) is 9.06. The summed E-state index contributed by atoms with van der Waals surface area (Å²) in [6.45, 7) is 4.41. The molecule has 1 amide bonds. The van der Waals surface area contributed by atoms with Crippen molar-refractivity contribution in [3.8, 4) is 0 Å². The molecule has 3 N–H and O–H groups in total. The Morgan fingerprint density at radius 3 is 2.48 bits per heavy atom. The summed E-state index contributed by atoms with van der Waals surface area (Å²) in [6, 6.07) is 15.5. The molecule has 0 aromatic heterocycles. The van der Waals surface area contributed by atoms with Gasteiger partial charge >= 0.3 is 0 Å². The Morgan fingerprint density at radius 1 is 1.22 bits per heavy atom. The number of hydrogen-bond donors (Lipinski definition) is 2. The maximum atomic E-state index is 12.3. The summed E-state index contributed by atoms with van der Waals surface area (Å²) >= 11 is 3.44. The Bertz CT molecular complexity index is 649. The van der Waals surface area contributed by atoms with E-state index in [0.29, 0.717) is 6.54 Å². The summed E-state index contributed by atoms with van der Waals surface area (Å²) < 4.78 is 1.04. The summed E-state index contributed by atoms with van der Waals surface area (Å²) in [4.78, 5) is 12.3. The van der Waals surface area contributed by atoms with E-state index in [1.807, 2.05) is 62.4 Å². The van der Waals surface area contributed by atoms with E-state index in [1.165, 1.54) is 0 Å². The average molecular weight is 398 g/mol. The zero-order valence-corrected chi connectivity index (χ0v) is 15.7. The molecule has 5 heteroatoms. The van der Waals surface area contributed by atoms with Crippen LogP contribution in [-0.2, 0) is 11.3 Å². The maximum absolute atomic E-state index is 12.3. The van der Waals surface area contributed by atoms with Gasteiger partial charge in [-0.1, -0.05) is 59.3 Å². The molecule has 0 saturated carbocycles. The van der Waals surface area contributed by atoms with Crippen molar-refractivity contribution in [2.45, 2.75) is 26.4 Å². The van der Waals surface area contributed by atoms with Crippen LogP contribution in [-0.4, -0.2) is 5.91 Å². The fourth-order valence-corrected chi connectivity index (χ4v) is 2.80. The number of carbonyl (C=O) groups excluding carboxylic acids is 1. The van der Waals surface area contributed by atoms with Crippen LogP contribution in [0.5, 0.6) is 0 Å². The quantitative estimate of drug-likeness (QED) is 0.797. The van der Waals surface area contributed by atoms with Crippen molar-refractivity contribution >= 4 is 34.2 Å². The lowest BCUT2D eigenvalue weighted by atomic mass is 9.94. The molecule has 3 nitrogen and oxygen atoms in total. The lowest BCUT2D eigenvalue weighted by Gasteiger charge is -2.20. The van der Waals surface area contributed by atoms with Crippen molar-refractivity contribution in [3.05, 3.63) is 69.7 Å². The highest BCUT2D eigenvalue weighted by Gasteiger charge is 2.21.